The second kappa shape index (κ2) is 8.90. The smallest absolute Gasteiger partial charge is 0.0431 e. The summed E-state index contributed by atoms with van der Waals surface area (Å²) in [6.07, 6.45) is 5.99. The van der Waals surface area contributed by atoms with E-state index in [1.54, 1.807) is 0 Å². The monoisotopic (exact) mass is 242 g/mol. The third-order valence-corrected chi connectivity index (χ3v) is 3.74. The summed E-state index contributed by atoms with van der Waals surface area (Å²) < 4.78 is 0. The summed E-state index contributed by atoms with van der Waals surface area (Å²) in [5, 5.41) is 12.2. The number of aliphatic hydroxyl groups is 1. The number of nitrogens with zero attached hydrogens (tertiary/aromatic N) is 1. The van der Waals surface area contributed by atoms with Crippen LogP contribution in [0.2, 0.25) is 0 Å². The van der Waals surface area contributed by atoms with E-state index in [2.05, 4.69) is 24.1 Å². The molecular formula is C14H30N2O. The van der Waals surface area contributed by atoms with E-state index < -0.39 is 0 Å². The lowest BCUT2D eigenvalue weighted by atomic mass is 10.1. The van der Waals surface area contributed by atoms with Crippen LogP contribution in [-0.2, 0) is 0 Å². The Balaban J connectivity index is 1.90. The van der Waals surface area contributed by atoms with E-state index >= 15 is 0 Å². The average molecular weight is 242 g/mol. The minimum absolute atomic E-state index is 0.348. The van der Waals surface area contributed by atoms with Gasteiger partial charge in [-0.25, -0.2) is 0 Å². The Labute approximate surface area is 107 Å². The molecule has 1 aliphatic heterocycles. The molecule has 0 spiro atoms. The normalized spacial score (nSPS) is 21.5. The predicted molar refractivity (Wildman–Crippen MR) is 73.2 cm³/mol. The minimum atomic E-state index is 0.348. The molecule has 0 aromatic carbocycles. The van der Waals surface area contributed by atoms with Gasteiger partial charge in [0.1, 0.15) is 0 Å². The van der Waals surface area contributed by atoms with Crippen LogP contribution in [0.25, 0.3) is 0 Å². The fraction of sp³-hybridized carbons (Fsp3) is 1.00. The van der Waals surface area contributed by atoms with Crippen molar-refractivity contribution in [3.63, 3.8) is 0 Å². The Bertz CT molecular complexity index is 185. The average Bonchev–Trinajstić information content (AvgIpc) is 2.77. The highest BCUT2D eigenvalue weighted by atomic mass is 16.2. The number of hydrogen-bond donors (Lipinski definition) is 2. The van der Waals surface area contributed by atoms with Gasteiger partial charge in [0.25, 0.3) is 0 Å². The van der Waals surface area contributed by atoms with E-state index in [9.17, 15) is 0 Å². The van der Waals surface area contributed by atoms with E-state index in [-0.39, 0.29) is 0 Å². The molecule has 0 radical (unpaired) electrons. The summed E-state index contributed by atoms with van der Waals surface area (Å²) >= 11 is 0. The van der Waals surface area contributed by atoms with Crippen LogP contribution in [0.4, 0.5) is 0 Å². The quantitative estimate of drug-likeness (QED) is 0.606. The molecule has 0 aliphatic carbocycles. The molecule has 3 nitrogen and oxygen atoms in total. The van der Waals surface area contributed by atoms with E-state index in [0.717, 1.165) is 18.9 Å². The molecule has 1 saturated heterocycles. The molecule has 0 aromatic heterocycles. The molecule has 0 amide bonds. The van der Waals surface area contributed by atoms with Crippen molar-refractivity contribution in [2.75, 3.05) is 32.8 Å². The highest BCUT2D eigenvalue weighted by Crippen LogP contribution is 2.17. The summed E-state index contributed by atoms with van der Waals surface area (Å²) in [6, 6.07) is 0.707. The van der Waals surface area contributed by atoms with Gasteiger partial charge < -0.3 is 15.3 Å². The zero-order chi connectivity index (χ0) is 12.5. The van der Waals surface area contributed by atoms with E-state index in [1.165, 1.54) is 45.3 Å². The van der Waals surface area contributed by atoms with Crippen LogP contribution >= 0.6 is 0 Å². The lowest BCUT2D eigenvalue weighted by molar-refractivity contribution is 0.264. The van der Waals surface area contributed by atoms with Crippen molar-refractivity contribution >= 4 is 0 Å². The van der Waals surface area contributed by atoms with Crippen LogP contribution in [0, 0.1) is 5.92 Å². The number of unbranched alkanes of at least 4 members (excludes halogenated alkanes) is 3. The molecule has 0 saturated carbocycles. The molecule has 1 heterocycles. The third-order valence-electron chi connectivity index (χ3n) is 3.74. The van der Waals surface area contributed by atoms with Crippen molar-refractivity contribution in [1.29, 1.82) is 0 Å². The molecule has 1 aliphatic rings. The van der Waals surface area contributed by atoms with Crippen molar-refractivity contribution in [1.82, 2.24) is 10.2 Å². The largest absolute Gasteiger partial charge is 0.396 e. The molecular weight excluding hydrogens is 212 g/mol. The molecule has 3 heteroatoms. The minimum Gasteiger partial charge on any atom is -0.396 e. The van der Waals surface area contributed by atoms with Crippen LogP contribution in [0.3, 0.4) is 0 Å². The van der Waals surface area contributed by atoms with Crippen molar-refractivity contribution in [3.8, 4) is 0 Å². The van der Waals surface area contributed by atoms with Crippen LogP contribution < -0.4 is 5.32 Å². The Morgan fingerprint density at radius 3 is 2.65 bits per heavy atom. The van der Waals surface area contributed by atoms with Crippen LogP contribution in [0.5, 0.6) is 0 Å². The molecule has 17 heavy (non-hydrogen) atoms. The number of likely N-dealkylation sites (tertiary alicyclic amines) is 1. The van der Waals surface area contributed by atoms with Gasteiger partial charge >= 0.3 is 0 Å². The van der Waals surface area contributed by atoms with Gasteiger partial charge in [0.2, 0.25) is 0 Å². The lowest BCUT2D eigenvalue weighted by Gasteiger charge is -2.20. The molecule has 102 valence electrons. The first kappa shape index (κ1) is 14.9. The zero-order valence-electron chi connectivity index (χ0n) is 11.6. The van der Waals surface area contributed by atoms with Crippen LogP contribution in [-0.4, -0.2) is 48.8 Å². The number of aliphatic hydroxyl groups excluding tert-OH is 1. The van der Waals surface area contributed by atoms with E-state index in [4.69, 9.17) is 5.11 Å². The summed E-state index contributed by atoms with van der Waals surface area (Å²) in [4.78, 5) is 2.58. The van der Waals surface area contributed by atoms with Gasteiger partial charge in [-0.2, -0.15) is 0 Å². The fourth-order valence-corrected chi connectivity index (χ4v) is 2.52. The van der Waals surface area contributed by atoms with Gasteiger partial charge in [-0.1, -0.05) is 12.8 Å². The summed E-state index contributed by atoms with van der Waals surface area (Å²) in [5.41, 5.74) is 0. The van der Waals surface area contributed by atoms with Gasteiger partial charge in [-0.15, -0.1) is 0 Å². The first-order valence-electron chi connectivity index (χ1n) is 7.29. The second-order valence-electron chi connectivity index (χ2n) is 5.59. The van der Waals surface area contributed by atoms with Crippen molar-refractivity contribution in [3.05, 3.63) is 0 Å². The Morgan fingerprint density at radius 1 is 1.24 bits per heavy atom. The summed E-state index contributed by atoms with van der Waals surface area (Å²) in [5.74, 6) is 0.856. The van der Waals surface area contributed by atoms with Gasteiger partial charge in [-0.3, -0.25) is 0 Å². The maximum atomic E-state index is 8.66. The van der Waals surface area contributed by atoms with Crippen LogP contribution in [0.1, 0.15) is 46.0 Å². The van der Waals surface area contributed by atoms with Crippen LogP contribution in [0.15, 0.2) is 0 Å². The highest BCUT2D eigenvalue weighted by molar-refractivity contribution is 4.78. The molecule has 0 bridgehead atoms. The Kier molecular flexibility index (Phi) is 7.82. The Morgan fingerprint density at radius 2 is 2.00 bits per heavy atom. The maximum absolute atomic E-state index is 8.66. The third kappa shape index (κ3) is 6.39. The standard InChI is InChI=1S/C14H30N2O/c1-13(2)16-9-7-14(12-16)11-15-8-5-3-4-6-10-17/h13-15,17H,3-12H2,1-2H3. The fourth-order valence-electron chi connectivity index (χ4n) is 2.52. The molecule has 1 atom stereocenters. The molecule has 0 aromatic rings. The first-order chi connectivity index (χ1) is 8.24. The number of nitrogens with one attached hydrogen (secondary N) is 1. The summed E-state index contributed by atoms with van der Waals surface area (Å²) in [6.45, 7) is 9.80. The molecule has 1 rings (SSSR count). The van der Waals surface area contributed by atoms with Gasteiger partial charge in [0, 0.05) is 19.2 Å². The van der Waals surface area contributed by atoms with Gasteiger partial charge in [0.15, 0.2) is 0 Å². The van der Waals surface area contributed by atoms with Crippen molar-refractivity contribution in [2.45, 2.75) is 52.0 Å². The van der Waals surface area contributed by atoms with E-state index in [0.29, 0.717) is 12.6 Å². The number of rotatable bonds is 9. The number of hydrogen-bond acceptors (Lipinski definition) is 3. The topological polar surface area (TPSA) is 35.5 Å². The summed E-state index contributed by atoms with van der Waals surface area (Å²) in [7, 11) is 0. The van der Waals surface area contributed by atoms with Gasteiger partial charge in [0.05, 0.1) is 0 Å². The molecule has 1 unspecified atom stereocenters. The molecule has 2 N–H and O–H groups in total. The van der Waals surface area contributed by atoms with Crippen molar-refractivity contribution < 1.29 is 5.11 Å². The zero-order valence-corrected chi connectivity index (χ0v) is 11.6. The highest BCUT2D eigenvalue weighted by Gasteiger charge is 2.23. The first-order valence-corrected chi connectivity index (χ1v) is 7.29. The maximum Gasteiger partial charge on any atom is 0.0431 e. The SMILES string of the molecule is CC(C)N1CCC(CNCCCCCCO)C1. The van der Waals surface area contributed by atoms with Gasteiger partial charge in [-0.05, 0) is 58.7 Å². The van der Waals surface area contributed by atoms with E-state index in [1.807, 2.05) is 0 Å². The van der Waals surface area contributed by atoms with Crippen molar-refractivity contribution in [2.24, 2.45) is 5.92 Å². The lowest BCUT2D eigenvalue weighted by Crippen LogP contribution is -2.30. The second-order valence-corrected chi connectivity index (χ2v) is 5.59. The molecule has 1 fully saturated rings. The Hall–Kier alpha value is -0.120. The predicted octanol–water partition coefficient (Wildman–Crippen LogP) is 1.86.